The highest BCUT2D eigenvalue weighted by molar-refractivity contribution is 5.80. The predicted octanol–water partition coefficient (Wildman–Crippen LogP) is 7.72. The van der Waals surface area contributed by atoms with Crippen molar-refractivity contribution in [3.8, 4) is 28.4 Å². The first kappa shape index (κ1) is 29.0. The molecule has 5 heteroatoms. The molecule has 0 saturated carbocycles. The molecule has 0 unspecified atom stereocenters. The maximum atomic E-state index is 10.5. The van der Waals surface area contributed by atoms with Crippen LogP contribution in [0.15, 0.2) is 54.6 Å². The Balaban J connectivity index is 1.93. The first-order valence-corrected chi connectivity index (χ1v) is 14.3. The van der Waals surface area contributed by atoms with Crippen molar-refractivity contribution in [2.45, 2.75) is 105 Å². The molecule has 1 heterocycles. The monoisotopic (exact) mass is 531 g/mol. The van der Waals surface area contributed by atoms with Crippen LogP contribution in [0.4, 0.5) is 0 Å². The third kappa shape index (κ3) is 6.59. The molecule has 5 nitrogen and oxygen atoms in total. The predicted molar refractivity (Wildman–Crippen MR) is 159 cm³/mol. The summed E-state index contributed by atoms with van der Waals surface area (Å²) < 4.78 is 18.9. The molecule has 1 N–H and O–H groups in total. The fourth-order valence-electron chi connectivity index (χ4n) is 5.70. The van der Waals surface area contributed by atoms with Gasteiger partial charge in [0.05, 0.1) is 24.9 Å². The van der Waals surface area contributed by atoms with E-state index in [2.05, 4.69) is 75.1 Å². The van der Waals surface area contributed by atoms with E-state index >= 15 is 0 Å². The van der Waals surface area contributed by atoms with Gasteiger partial charge in [0.1, 0.15) is 17.2 Å². The fourth-order valence-corrected chi connectivity index (χ4v) is 5.70. The summed E-state index contributed by atoms with van der Waals surface area (Å²) in [5, 5.41) is 10.5. The quantitative estimate of drug-likeness (QED) is 0.290. The third-order valence-electron chi connectivity index (χ3n) is 7.20. The van der Waals surface area contributed by atoms with Crippen molar-refractivity contribution in [3.05, 3.63) is 76.9 Å². The lowest BCUT2D eigenvalue weighted by Gasteiger charge is -2.42. The molecule has 0 amide bonds. The zero-order valence-corrected chi connectivity index (χ0v) is 24.8. The third-order valence-corrected chi connectivity index (χ3v) is 7.20. The smallest absolute Gasteiger partial charge is 0.131 e. The molecular formula is C34H45NO4. The molecule has 2 atom stereocenters. The minimum Gasteiger partial charge on any atom is -0.491 e. The van der Waals surface area contributed by atoms with Crippen LogP contribution in [-0.4, -0.2) is 34.4 Å². The Morgan fingerprint density at radius 3 is 2.08 bits per heavy atom. The van der Waals surface area contributed by atoms with Crippen LogP contribution in [-0.2, 0) is 19.6 Å². The summed E-state index contributed by atoms with van der Waals surface area (Å²) in [5.74, 6) is 2.43. The molecule has 3 aromatic carbocycles. The molecule has 1 aliphatic heterocycles. The molecule has 210 valence electrons. The zero-order chi connectivity index (χ0) is 28.3. The molecule has 0 aliphatic carbocycles. The van der Waals surface area contributed by atoms with Gasteiger partial charge in [-0.2, -0.15) is 0 Å². The van der Waals surface area contributed by atoms with Crippen molar-refractivity contribution in [1.82, 2.24) is 4.90 Å². The van der Waals surface area contributed by atoms with E-state index in [0.717, 1.165) is 46.9 Å². The highest BCUT2D eigenvalue weighted by Gasteiger charge is 2.36. The Hall–Kier alpha value is -3.02. The van der Waals surface area contributed by atoms with Crippen molar-refractivity contribution >= 4 is 0 Å². The molecule has 0 bridgehead atoms. The Morgan fingerprint density at radius 2 is 1.46 bits per heavy atom. The first-order valence-electron chi connectivity index (χ1n) is 14.3. The summed E-state index contributed by atoms with van der Waals surface area (Å²) in [4.78, 5) is 2.56. The van der Waals surface area contributed by atoms with Gasteiger partial charge in [0.25, 0.3) is 0 Å². The molecule has 0 aromatic heterocycles. The molecular weight excluding hydrogens is 486 g/mol. The average Bonchev–Trinajstić information content (AvgIpc) is 2.86. The van der Waals surface area contributed by atoms with Gasteiger partial charge in [-0.1, -0.05) is 36.4 Å². The minimum absolute atomic E-state index is 0.0113. The van der Waals surface area contributed by atoms with Gasteiger partial charge in [0.15, 0.2) is 0 Å². The van der Waals surface area contributed by atoms with Gasteiger partial charge in [0, 0.05) is 35.8 Å². The summed E-state index contributed by atoms with van der Waals surface area (Å²) in [5.41, 5.74) is 6.60. The second-order valence-corrected chi connectivity index (χ2v) is 11.5. The van der Waals surface area contributed by atoms with E-state index in [-0.39, 0.29) is 31.0 Å². The largest absolute Gasteiger partial charge is 0.491 e. The van der Waals surface area contributed by atoms with E-state index in [1.165, 1.54) is 16.7 Å². The molecule has 4 rings (SSSR count). The van der Waals surface area contributed by atoms with E-state index in [1.807, 2.05) is 39.8 Å². The van der Waals surface area contributed by atoms with Crippen molar-refractivity contribution in [1.29, 1.82) is 0 Å². The Bertz CT molecular complexity index is 1250. The maximum Gasteiger partial charge on any atom is 0.131 e. The highest BCUT2D eigenvalue weighted by atomic mass is 16.5. The van der Waals surface area contributed by atoms with Gasteiger partial charge < -0.3 is 19.3 Å². The summed E-state index contributed by atoms with van der Waals surface area (Å²) in [6.45, 7) is 17.6. The lowest BCUT2D eigenvalue weighted by molar-refractivity contribution is 0.123. The van der Waals surface area contributed by atoms with Crippen LogP contribution >= 0.6 is 0 Å². The number of hydrogen-bond acceptors (Lipinski definition) is 5. The van der Waals surface area contributed by atoms with E-state index < -0.39 is 0 Å². The molecule has 3 aromatic rings. The van der Waals surface area contributed by atoms with Gasteiger partial charge in [-0.15, -0.1) is 0 Å². The number of nitrogens with zero attached hydrogens (tertiary/aromatic N) is 1. The first-order chi connectivity index (χ1) is 18.6. The number of rotatable bonds is 10. The van der Waals surface area contributed by atoms with E-state index in [9.17, 15) is 5.11 Å². The SMILES string of the molecule is CC(C)Oc1ccc(-c2c(OC(C)C)cc(OC(C)C)c3c2C[C@@H](C)N(Cc2ccccc2)[C@@H]3C)c(CO)c1. The summed E-state index contributed by atoms with van der Waals surface area (Å²) in [6.07, 6.45) is 0.921. The fraction of sp³-hybridized carbons (Fsp3) is 0.471. The van der Waals surface area contributed by atoms with Crippen LogP contribution in [0.1, 0.15) is 83.7 Å². The van der Waals surface area contributed by atoms with Crippen LogP contribution in [0.5, 0.6) is 17.2 Å². The van der Waals surface area contributed by atoms with E-state index in [1.54, 1.807) is 0 Å². The molecule has 39 heavy (non-hydrogen) atoms. The number of benzene rings is 3. The van der Waals surface area contributed by atoms with Gasteiger partial charge in [-0.3, -0.25) is 4.90 Å². The van der Waals surface area contributed by atoms with Gasteiger partial charge in [-0.05, 0) is 96.2 Å². The number of aliphatic hydroxyl groups excluding tert-OH is 1. The summed E-state index contributed by atoms with van der Waals surface area (Å²) in [6, 6.07) is 19.2. The van der Waals surface area contributed by atoms with Crippen LogP contribution < -0.4 is 14.2 Å². The molecule has 1 aliphatic rings. The second-order valence-electron chi connectivity index (χ2n) is 11.5. The van der Waals surface area contributed by atoms with Crippen molar-refractivity contribution in [2.75, 3.05) is 0 Å². The van der Waals surface area contributed by atoms with Gasteiger partial charge in [0.2, 0.25) is 0 Å². The number of fused-ring (bicyclic) bond motifs is 1. The molecule has 0 radical (unpaired) electrons. The Morgan fingerprint density at radius 1 is 0.821 bits per heavy atom. The lowest BCUT2D eigenvalue weighted by atomic mass is 9.81. The number of ether oxygens (including phenoxy) is 3. The minimum atomic E-state index is -0.0873. The average molecular weight is 532 g/mol. The Kier molecular flexibility index (Phi) is 9.24. The summed E-state index contributed by atoms with van der Waals surface area (Å²) >= 11 is 0. The van der Waals surface area contributed by atoms with Gasteiger partial charge in [-0.25, -0.2) is 0 Å². The Labute approximate surface area is 234 Å². The van der Waals surface area contributed by atoms with Crippen LogP contribution in [0.2, 0.25) is 0 Å². The molecule has 0 fully saturated rings. The summed E-state index contributed by atoms with van der Waals surface area (Å²) in [7, 11) is 0. The van der Waals surface area contributed by atoms with E-state index in [4.69, 9.17) is 14.2 Å². The standard InChI is InChI=1S/C34H45NO4/c1-21(2)37-28-14-15-29(27(17-28)20-36)34-30-16-24(7)35(19-26-12-10-9-11-13-26)25(8)33(30)31(38-22(3)4)18-32(34)39-23(5)6/h9-15,17-18,21-25,36H,16,19-20H2,1-8H3/t24-,25-/m1/s1. The molecule has 0 spiro atoms. The van der Waals surface area contributed by atoms with Gasteiger partial charge >= 0.3 is 0 Å². The maximum absolute atomic E-state index is 10.5. The zero-order valence-electron chi connectivity index (χ0n) is 24.8. The highest BCUT2D eigenvalue weighted by Crippen LogP contribution is 2.49. The topological polar surface area (TPSA) is 51.2 Å². The second kappa shape index (κ2) is 12.4. The van der Waals surface area contributed by atoms with Crippen molar-refractivity contribution < 1.29 is 19.3 Å². The van der Waals surface area contributed by atoms with Crippen LogP contribution in [0, 0.1) is 0 Å². The van der Waals surface area contributed by atoms with Crippen LogP contribution in [0.3, 0.4) is 0 Å². The normalized spacial score (nSPS) is 17.5. The number of aliphatic hydroxyl groups is 1. The van der Waals surface area contributed by atoms with E-state index in [0.29, 0.717) is 6.04 Å². The molecule has 0 saturated heterocycles. The van der Waals surface area contributed by atoms with Crippen LogP contribution in [0.25, 0.3) is 11.1 Å². The number of hydrogen-bond donors (Lipinski definition) is 1. The van der Waals surface area contributed by atoms with Crippen molar-refractivity contribution in [2.24, 2.45) is 0 Å². The lowest BCUT2D eigenvalue weighted by Crippen LogP contribution is -2.41. The van der Waals surface area contributed by atoms with Crippen molar-refractivity contribution in [3.63, 3.8) is 0 Å².